The predicted molar refractivity (Wildman–Crippen MR) is 98.4 cm³/mol. The van der Waals surface area contributed by atoms with Crippen LogP contribution in [0.3, 0.4) is 0 Å². The number of allylic oxidation sites excluding steroid dienone is 1. The zero-order chi connectivity index (χ0) is 18.1. The number of hydrogen-bond acceptors (Lipinski definition) is 4. The third-order valence-electron chi connectivity index (χ3n) is 3.19. The molecule has 0 fully saturated rings. The lowest BCUT2D eigenvalue weighted by molar-refractivity contribution is -0.136. The second-order valence-corrected chi connectivity index (χ2v) is 5.15. The first kappa shape index (κ1) is 17.9. The maximum Gasteiger partial charge on any atom is 0.329 e. The molecule has 0 spiro atoms. The van der Waals surface area contributed by atoms with E-state index in [0.717, 1.165) is 11.1 Å². The number of amides is 2. The van der Waals surface area contributed by atoms with Gasteiger partial charge in [0.1, 0.15) is 5.75 Å². The Kier molecular flexibility index (Phi) is 6.47. The number of methoxy groups -OCH3 is 1. The third-order valence-corrected chi connectivity index (χ3v) is 3.19. The Morgan fingerprint density at radius 3 is 2.40 bits per heavy atom. The molecule has 0 radical (unpaired) electrons. The number of ether oxygens (including phenoxy) is 1. The second-order valence-electron chi connectivity index (χ2n) is 5.15. The number of benzene rings is 2. The monoisotopic (exact) mass is 337 g/mol. The summed E-state index contributed by atoms with van der Waals surface area (Å²) in [6.07, 6.45) is 3.38. The minimum Gasteiger partial charge on any atom is -0.495 e. The molecule has 0 atom stereocenters. The van der Waals surface area contributed by atoms with Crippen molar-refractivity contribution >= 4 is 29.8 Å². The SMILES string of the molecule is COc1ccccc1NC(=O)C(=O)N/N=C/C(C)=C/c1ccccc1. The topological polar surface area (TPSA) is 79.8 Å². The van der Waals surface area contributed by atoms with Crippen molar-refractivity contribution in [3.05, 3.63) is 65.7 Å². The maximum absolute atomic E-state index is 11.9. The summed E-state index contributed by atoms with van der Waals surface area (Å²) in [4.78, 5) is 23.7. The van der Waals surface area contributed by atoms with E-state index in [1.54, 1.807) is 24.3 Å². The molecule has 2 aromatic rings. The Morgan fingerprint density at radius 1 is 1.00 bits per heavy atom. The Balaban J connectivity index is 1.91. The Morgan fingerprint density at radius 2 is 1.68 bits per heavy atom. The van der Waals surface area contributed by atoms with Crippen molar-refractivity contribution in [3.8, 4) is 5.75 Å². The van der Waals surface area contributed by atoms with Crippen LogP contribution in [0.25, 0.3) is 6.08 Å². The normalized spacial score (nSPS) is 11.2. The number of para-hydroxylation sites is 2. The van der Waals surface area contributed by atoms with E-state index in [1.165, 1.54) is 13.3 Å². The molecule has 6 nitrogen and oxygen atoms in total. The van der Waals surface area contributed by atoms with E-state index >= 15 is 0 Å². The van der Waals surface area contributed by atoms with Crippen molar-refractivity contribution in [2.75, 3.05) is 12.4 Å². The Labute approximate surface area is 146 Å². The van der Waals surface area contributed by atoms with E-state index in [9.17, 15) is 9.59 Å². The van der Waals surface area contributed by atoms with Gasteiger partial charge in [-0.3, -0.25) is 9.59 Å². The quantitative estimate of drug-likeness (QED) is 0.500. The van der Waals surface area contributed by atoms with E-state index < -0.39 is 11.8 Å². The molecule has 0 aliphatic rings. The number of hydrogen-bond donors (Lipinski definition) is 2. The van der Waals surface area contributed by atoms with Crippen molar-refractivity contribution in [1.82, 2.24) is 5.43 Å². The predicted octanol–water partition coefficient (Wildman–Crippen LogP) is 2.84. The van der Waals surface area contributed by atoms with Gasteiger partial charge in [0.05, 0.1) is 19.0 Å². The lowest BCUT2D eigenvalue weighted by Crippen LogP contribution is -2.32. The highest BCUT2D eigenvalue weighted by Crippen LogP contribution is 2.22. The lowest BCUT2D eigenvalue weighted by Gasteiger charge is -2.08. The van der Waals surface area contributed by atoms with Crippen molar-refractivity contribution in [3.63, 3.8) is 0 Å². The average molecular weight is 337 g/mol. The fourth-order valence-electron chi connectivity index (χ4n) is 2.02. The zero-order valence-electron chi connectivity index (χ0n) is 14.0. The largest absolute Gasteiger partial charge is 0.495 e. The summed E-state index contributed by atoms with van der Waals surface area (Å²) < 4.78 is 5.11. The van der Waals surface area contributed by atoms with Gasteiger partial charge in [0.15, 0.2) is 0 Å². The molecule has 2 amide bonds. The molecule has 2 rings (SSSR count). The van der Waals surface area contributed by atoms with Gasteiger partial charge in [-0.05, 0) is 30.2 Å². The molecule has 25 heavy (non-hydrogen) atoms. The van der Waals surface area contributed by atoms with Gasteiger partial charge in [-0.15, -0.1) is 0 Å². The van der Waals surface area contributed by atoms with Crippen LogP contribution in [-0.4, -0.2) is 25.1 Å². The van der Waals surface area contributed by atoms with Crippen LogP contribution in [0.5, 0.6) is 5.75 Å². The molecule has 0 heterocycles. The van der Waals surface area contributed by atoms with E-state index in [1.807, 2.05) is 43.3 Å². The van der Waals surface area contributed by atoms with E-state index in [2.05, 4.69) is 15.8 Å². The molecule has 0 unspecified atom stereocenters. The van der Waals surface area contributed by atoms with Crippen LogP contribution in [0.1, 0.15) is 12.5 Å². The lowest BCUT2D eigenvalue weighted by atomic mass is 10.1. The summed E-state index contributed by atoms with van der Waals surface area (Å²) in [6, 6.07) is 16.5. The Hall–Kier alpha value is -3.41. The molecule has 0 aliphatic heterocycles. The minimum atomic E-state index is -0.866. The van der Waals surface area contributed by atoms with Gasteiger partial charge in [-0.2, -0.15) is 5.10 Å². The molecule has 2 aromatic carbocycles. The highest BCUT2D eigenvalue weighted by atomic mass is 16.5. The van der Waals surface area contributed by atoms with Crippen molar-refractivity contribution in [1.29, 1.82) is 0 Å². The number of hydrazone groups is 1. The summed E-state index contributed by atoms with van der Waals surface area (Å²) in [5.41, 5.74) is 4.46. The van der Waals surface area contributed by atoms with Crippen LogP contribution in [0.4, 0.5) is 5.69 Å². The summed E-state index contributed by atoms with van der Waals surface area (Å²) in [7, 11) is 1.48. The average Bonchev–Trinajstić information content (AvgIpc) is 2.62. The van der Waals surface area contributed by atoms with Crippen LogP contribution in [0.15, 0.2) is 65.3 Å². The summed E-state index contributed by atoms with van der Waals surface area (Å²) in [5.74, 6) is -1.23. The number of carbonyl (C=O) groups is 2. The highest BCUT2D eigenvalue weighted by Gasteiger charge is 2.14. The van der Waals surface area contributed by atoms with E-state index in [0.29, 0.717) is 11.4 Å². The van der Waals surface area contributed by atoms with Gasteiger partial charge in [0.25, 0.3) is 0 Å². The zero-order valence-corrected chi connectivity index (χ0v) is 14.0. The van der Waals surface area contributed by atoms with Gasteiger partial charge < -0.3 is 10.1 Å². The number of nitrogens with one attached hydrogen (secondary N) is 2. The smallest absolute Gasteiger partial charge is 0.329 e. The van der Waals surface area contributed by atoms with Crippen LogP contribution in [-0.2, 0) is 9.59 Å². The molecule has 128 valence electrons. The first-order valence-corrected chi connectivity index (χ1v) is 7.61. The third kappa shape index (κ3) is 5.62. The van der Waals surface area contributed by atoms with Gasteiger partial charge in [0, 0.05) is 0 Å². The molecule has 0 saturated heterocycles. The van der Waals surface area contributed by atoms with Gasteiger partial charge in [-0.1, -0.05) is 48.5 Å². The first-order chi connectivity index (χ1) is 12.1. The van der Waals surface area contributed by atoms with E-state index in [4.69, 9.17) is 4.74 Å². The standard InChI is InChI=1S/C19H19N3O3/c1-14(12-15-8-4-3-5-9-15)13-20-22-19(24)18(23)21-16-10-6-7-11-17(16)25-2/h3-13H,1-2H3,(H,21,23)(H,22,24)/b14-12+,20-13+. The molecular weight excluding hydrogens is 318 g/mol. The number of carbonyl (C=O) groups excluding carboxylic acids is 2. The van der Waals surface area contributed by atoms with Gasteiger partial charge in [-0.25, -0.2) is 5.43 Å². The first-order valence-electron chi connectivity index (χ1n) is 7.61. The fourth-order valence-corrected chi connectivity index (χ4v) is 2.02. The van der Waals surface area contributed by atoms with Crippen molar-refractivity contribution < 1.29 is 14.3 Å². The highest BCUT2D eigenvalue weighted by molar-refractivity contribution is 6.39. The molecule has 0 bridgehead atoms. The van der Waals surface area contributed by atoms with Crippen molar-refractivity contribution in [2.45, 2.75) is 6.92 Å². The van der Waals surface area contributed by atoms with Gasteiger partial charge in [0.2, 0.25) is 0 Å². The molecule has 0 saturated carbocycles. The maximum atomic E-state index is 11.9. The number of nitrogens with zero attached hydrogens (tertiary/aromatic N) is 1. The fraction of sp³-hybridized carbons (Fsp3) is 0.105. The molecule has 0 aromatic heterocycles. The van der Waals surface area contributed by atoms with Crippen molar-refractivity contribution in [2.24, 2.45) is 5.10 Å². The minimum absolute atomic E-state index is 0.411. The molecule has 2 N–H and O–H groups in total. The van der Waals surface area contributed by atoms with Crippen LogP contribution >= 0.6 is 0 Å². The summed E-state index contributed by atoms with van der Waals surface area (Å²) in [5, 5.41) is 6.26. The molecule has 6 heteroatoms. The molecule has 0 aliphatic carbocycles. The summed E-state index contributed by atoms with van der Waals surface area (Å²) >= 11 is 0. The van der Waals surface area contributed by atoms with Gasteiger partial charge >= 0.3 is 11.8 Å². The van der Waals surface area contributed by atoms with Crippen LogP contribution in [0, 0.1) is 0 Å². The van der Waals surface area contributed by atoms with Crippen LogP contribution < -0.4 is 15.5 Å². The second kappa shape index (κ2) is 9.02. The number of rotatable bonds is 5. The van der Waals surface area contributed by atoms with E-state index in [-0.39, 0.29) is 0 Å². The Bertz CT molecular complexity index is 799. The molecular formula is C19H19N3O3. The summed E-state index contributed by atoms with van der Waals surface area (Å²) in [6.45, 7) is 1.84. The van der Waals surface area contributed by atoms with Crippen LogP contribution in [0.2, 0.25) is 0 Å². The number of anilines is 1.